The maximum Gasteiger partial charge on any atom is 0.272 e. The van der Waals surface area contributed by atoms with Crippen molar-refractivity contribution in [2.75, 3.05) is 18.4 Å². The molecular formula is C20H26N4O2. The Hall–Kier alpha value is -2.63. The maximum atomic E-state index is 12.6. The molecule has 26 heavy (non-hydrogen) atoms. The quantitative estimate of drug-likeness (QED) is 0.882. The molecule has 1 saturated heterocycles. The first-order valence-corrected chi connectivity index (χ1v) is 9.16. The zero-order valence-corrected chi connectivity index (χ0v) is 15.6. The second kappa shape index (κ2) is 8.17. The molecule has 0 saturated carbocycles. The van der Waals surface area contributed by atoms with E-state index in [4.69, 9.17) is 4.74 Å². The summed E-state index contributed by atoms with van der Waals surface area (Å²) in [5.41, 5.74) is 1.31. The van der Waals surface area contributed by atoms with Crippen molar-refractivity contribution in [2.24, 2.45) is 5.92 Å². The van der Waals surface area contributed by atoms with Crippen molar-refractivity contribution in [3.63, 3.8) is 0 Å². The lowest BCUT2D eigenvalue weighted by Gasteiger charge is -2.30. The van der Waals surface area contributed by atoms with Gasteiger partial charge in [0.05, 0.1) is 6.10 Å². The van der Waals surface area contributed by atoms with Gasteiger partial charge in [-0.2, -0.15) is 0 Å². The number of benzene rings is 1. The Bertz CT molecular complexity index is 738. The highest BCUT2D eigenvalue weighted by Crippen LogP contribution is 2.21. The van der Waals surface area contributed by atoms with E-state index in [1.165, 1.54) is 6.33 Å². The van der Waals surface area contributed by atoms with E-state index in [2.05, 4.69) is 22.2 Å². The zero-order chi connectivity index (χ0) is 18.5. The second-order valence-electron chi connectivity index (χ2n) is 7.08. The largest absolute Gasteiger partial charge is 0.491 e. The van der Waals surface area contributed by atoms with E-state index in [0.717, 1.165) is 37.4 Å². The molecule has 1 fully saturated rings. The van der Waals surface area contributed by atoms with Gasteiger partial charge in [-0.05, 0) is 56.9 Å². The minimum Gasteiger partial charge on any atom is -0.491 e. The molecule has 0 bridgehead atoms. The normalized spacial score (nSPS) is 15.2. The molecule has 1 aromatic heterocycles. The molecule has 0 radical (unpaired) electrons. The molecule has 2 aromatic rings. The van der Waals surface area contributed by atoms with Crippen molar-refractivity contribution in [2.45, 2.75) is 39.7 Å². The van der Waals surface area contributed by atoms with E-state index in [1.807, 2.05) is 43.0 Å². The van der Waals surface area contributed by atoms with E-state index in [1.54, 1.807) is 6.07 Å². The highest BCUT2D eigenvalue weighted by atomic mass is 16.5. The molecule has 1 N–H and O–H groups in total. The average molecular weight is 354 g/mol. The molecular weight excluding hydrogens is 328 g/mol. The molecule has 0 atom stereocenters. The van der Waals surface area contributed by atoms with Crippen LogP contribution in [0.4, 0.5) is 11.5 Å². The van der Waals surface area contributed by atoms with E-state index in [-0.39, 0.29) is 12.0 Å². The third-order valence-electron chi connectivity index (χ3n) is 4.46. The molecule has 0 spiro atoms. The number of anilines is 2. The van der Waals surface area contributed by atoms with Crippen molar-refractivity contribution in [3.05, 3.63) is 42.4 Å². The van der Waals surface area contributed by atoms with E-state index < -0.39 is 0 Å². The number of likely N-dealkylation sites (tertiary alicyclic amines) is 1. The lowest BCUT2D eigenvalue weighted by atomic mass is 9.99. The van der Waals surface area contributed by atoms with E-state index in [9.17, 15) is 4.79 Å². The van der Waals surface area contributed by atoms with Gasteiger partial charge in [0.2, 0.25) is 0 Å². The molecule has 6 heteroatoms. The fourth-order valence-electron chi connectivity index (χ4n) is 2.95. The molecule has 1 aliphatic heterocycles. The van der Waals surface area contributed by atoms with Gasteiger partial charge in [0, 0.05) is 24.8 Å². The molecule has 1 aliphatic rings. The lowest BCUT2D eigenvalue weighted by molar-refractivity contribution is 0.0691. The molecule has 6 nitrogen and oxygen atoms in total. The van der Waals surface area contributed by atoms with Crippen molar-refractivity contribution in [1.82, 2.24) is 14.9 Å². The van der Waals surface area contributed by atoms with Gasteiger partial charge in [-0.3, -0.25) is 4.79 Å². The van der Waals surface area contributed by atoms with Gasteiger partial charge in [0.1, 0.15) is 23.6 Å². The first kappa shape index (κ1) is 18.2. The average Bonchev–Trinajstić information content (AvgIpc) is 2.63. The van der Waals surface area contributed by atoms with Crippen LogP contribution in [0.25, 0.3) is 0 Å². The SMILES string of the molecule is CC1CCN(C(=O)c2cc(Nc3ccc(OC(C)C)cc3)ncn2)CC1. The smallest absolute Gasteiger partial charge is 0.272 e. The Kier molecular flexibility index (Phi) is 5.71. The number of hydrogen-bond acceptors (Lipinski definition) is 5. The third kappa shape index (κ3) is 4.71. The van der Waals surface area contributed by atoms with Gasteiger partial charge < -0.3 is 15.0 Å². The Morgan fingerprint density at radius 3 is 2.54 bits per heavy atom. The number of hydrogen-bond donors (Lipinski definition) is 1. The van der Waals surface area contributed by atoms with Gasteiger partial charge >= 0.3 is 0 Å². The first-order chi connectivity index (χ1) is 12.5. The maximum absolute atomic E-state index is 12.6. The van der Waals surface area contributed by atoms with Crippen molar-refractivity contribution < 1.29 is 9.53 Å². The minimum atomic E-state index is -0.0250. The van der Waals surface area contributed by atoms with Gasteiger partial charge in [0.25, 0.3) is 5.91 Å². The van der Waals surface area contributed by atoms with Gasteiger partial charge in [0.15, 0.2) is 0 Å². The third-order valence-corrected chi connectivity index (χ3v) is 4.46. The number of rotatable bonds is 5. The first-order valence-electron chi connectivity index (χ1n) is 9.16. The standard InChI is InChI=1S/C20H26N4O2/c1-14(2)26-17-6-4-16(5-7-17)23-19-12-18(21-13-22-19)20(25)24-10-8-15(3)9-11-24/h4-7,12-15H,8-11H2,1-3H3,(H,21,22,23). The number of carbonyl (C=O) groups excluding carboxylic acids is 1. The number of amides is 1. The number of aromatic nitrogens is 2. The summed E-state index contributed by atoms with van der Waals surface area (Å²) in [5.74, 6) is 2.09. The summed E-state index contributed by atoms with van der Waals surface area (Å²) >= 11 is 0. The van der Waals surface area contributed by atoms with Crippen molar-refractivity contribution in [1.29, 1.82) is 0 Å². The van der Waals surface area contributed by atoms with Crippen LogP contribution in [0.5, 0.6) is 5.75 Å². The summed E-state index contributed by atoms with van der Waals surface area (Å²) in [6.45, 7) is 7.81. The monoisotopic (exact) mass is 354 g/mol. The predicted octanol–water partition coefficient (Wildman–Crippen LogP) is 3.88. The molecule has 3 rings (SSSR count). The van der Waals surface area contributed by atoms with Crippen LogP contribution in [0.1, 0.15) is 44.1 Å². The second-order valence-corrected chi connectivity index (χ2v) is 7.08. The molecule has 0 unspecified atom stereocenters. The summed E-state index contributed by atoms with van der Waals surface area (Å²) < 4.78 is 5.64. The zero-order valence-electron chi connectivity index (χ0n) is 15.6. The molecule has 2 heterocycles. The molecule has 1 aromatic carbocycles. The summed E-state index contributed by atoms with van der Waals surface area (Å²) in [5, 5.41) is 3.21. The Labute approximate surface area is 154 Å². The summed E-state index contributed by atoms with van der Waals surface area (Å²) in [6.07, 6.45) is 3.67. The molecule has 1 amide bonds. The molecule has 138 valence electrons. The van der Waals surface area contributed by atoms with Crippen LogP contribution in [0.15, 0.2) is 36.7 Å². The van der Waals surface area contributed by atoms with Crippen LogP contribution in [0.2, 0.25) is 0 Å². The Morgan fingerprint density at radius 2 is 1.88 bits per heavy atom. The number of nitrogens with one attached hydrogen (secondary N) is 1. The van der Waals surface area contributed by atoms with Gasteiger partial charge in [-0.25, -0.2) is 9.97 Å². The van der Waals surface area contributed by atoms with Gasteiger partial charge in [-0.1, -0.05) is 6.92 Å². The Balaban J connectivity index is 1.66. The number of piperidine rings is 1. The predicted molar refractivity (Wildman–Crippen MR) is 102 cm³/mol. The minimum absolute atomic E-state index is 0.0250. The van der Waals surface area contributed by atoms with Crippen molar-refractivity contribution in [3.8, 4) is 5.75 Å². The van der Waals surface area contributed by atoms with Crippen LogP contribution < -0.4 is 10.1 Å². The fourth-order valence-corrected chi connectivity index (χ4v) is 2.95. The fraction of sp³-hybridized carbons (Fsp3) is 0.450. The van der Waals surface area contributed by atoms with E-state index in [0.29, 0.717) is 17.4 Å². The van der Waals surface area contributed by atoms with Gasteiger partial charge in [-0.15, -0.1) is 0 Å². The van der Waals surface area contributed by atoms with Crippen LogP contribution >= 0.6 is 0 Å². The van der Waals surface area contributed by atoms with Crippen LogP contribution in [-0.2, 0) is 0 Å². The number of nitrogens with zero attached hydrogens (tertiary/aromatic N) is 3. The number of carbonyl (C=O) groups is 1. The van der Waals surface area contributed by atoms with Crippen LogP contribution in [0, 0.1) is 5.92 Å². The van der Waals surface area contributed by atoms with Crippen molar-refractivity contribution >= 4 is 17.4 Å². The van der Waals surface area contributed by atoms with Crippen LogP contribution in [-0.4, -0.2) is 40.0 Å². The molecule has 0 aliphatic carbocycles. The topological polar surface area (TPSA) is 67.4 Å². The van der Waals surface area contributed by atoms with E-state index >= 15 is 0 Å². The number of ether oxygens (including phenoxy) is 1. The van der Waals surface area contributed by atoms with Crippen LogP contribution in [0.3, 0.4) is 0 Å². The highest BCUT2D eigenvalue weighted by Gasteiger charge is 2.22. The lowest BCUT2D eigenvalue weighted by Crippen LogP contribution is -2.38. The Morgan fingerprint density at radius 1 is 1.19 bits per heavy atom. The summed E-state index contributed by atoms with van der Waals surface area (Å²) in [4.78, 5) is 22.9. The summed E-state index contributed by atoms with van der Waals surface area (Å²) in [6, 6.07) is 9.37. The summed E-state index contributed by atoms with van der Waals surface area (Å²) in [7, 11) is 0. The highest BCUT2D eigenvalue weighted by molar-refractivity contribution is 5.93.